The van der Waals surface area contributed by atoms with E-state index in [2.05, 4.69) is 32.3 Å². The number of ether oxygens (including phenoxy) is 1. The second-order valence-corrected chi connectivity index (χ2v) is 8.95. The van der Waals surface area contributed by atoms with Gasteiger partial charge < -0.3 is 10.1 Å². The van der Waals surface area contributed by atoms with Crippen LogP contribution in [0.1, 0.15) is 46.4 Å². The monoisotopic (exact) mass is 522 g/mol. The van der Waals surface area contributed by atoms with Gasteiger partial charge in [-0.3, -0.25) is 4.79 Å². The maximum atomic E-state index is 14.7. The Morgan fingerprint density at radius 3 is 2.77 bits per heavy atom. The van der Waals surface area contributed by atoms with Crippen LogP contribution in [0, 0.1) is 0 Å². The van der Waals surface area contributed by atoms with Crippen molar-refractivity contribution >= 4 is 45.0 Å². The molecule has 1 fully saturated rings. The molecule has 3 aromatic rings. The number of rotatable bonds is 7. The summed E-state index contributed by atoms with van der Waals surface area (Å²) in [7, 11) is 0. The van der Waals surface area contributed by atoms with E-state index < -0.39 is 12.1 Å². The van der Waals surface area contributed by atoms with E-state index >= 15 is 0 Å². The van der Waals surface area contributed by atoms with Gasteiger partial charge in [-0.15, -0.1) is 0 Å². The Hall–Kier alpha value is -2.15. The lowest BCUT2D eigenvalue weighted by Crippen LogP contribution is -2.27. The van der Waals surface area contributed by atoms with Crippen molar-refractivity contribution in [3.63, 3.8) is 0 Å². The Kier molecular flexibility index (Phi) is 6.80. The molecule has 160 valence electrons. The van der Waals surface area contributed by atoms with Gasteiger partial charge in [-0.05, 0) is 70.6 Å². The van der Waals surface area contributed by atoms with E-state index in [1.807, 2.05) is 18.2 Å². The predicted molar refractivity (Wildman–Crippen MR) is 123 cm³/mol. The summed E-state index contributed by atoms with van der Waals surface area (Å²) in [4.78, 5) is 17.0. The number of hydrogen-bond donors (Lipinski definition) is 1. The molecule has 0 aliphatic heterocycles. The number of alkyl halides is 1. The molecule has 1 unspecified atom stereocenters. The van der Waals surface area contributed by atoms with Crippen LogP contribution in [0.3, 0.4) is 0 Å². The SMILES string of the molecule is O=C(NCC(F)c1ccc(Cl)cc1Cl)c1cc(Br)ncc1Oc1cccc(C2CC2)c1. The topological polar surface area (TPSA) is 51.2 Å². The van der Waals surface area contributed by atoms with Gasteiger partial charge in [0.1, 0.15) is 16.5 Å². The zero-order valence-electron chi connectivity index (χ0n) is 16.2. The van der Waals surface area contributed by atoms with Crippen molar-refractivity contribution in [2.24, 2.45) is 0 Å². The lowest BCUT2D eigenvalue weighted by molar-refractivity contribution is 0.0939. The molecule has 4 nitrogen and oxygen atoms in total. The van der Waals surface area contributed by atoms with Gasteiger partial charge in [-0.2, -0.15) is 0 Å². The highest BCUT2D eigenvalue weighted by molar-refractivity contribution is 9.10. The summed E-state index contributed by atoms with van der Waals surface area (Å²) in [5, 5.41) is 3.22. The van der Waals surface area contributed by atoms with Crippen LogP contribution in [0.25, 0.3) is 0 Å². The molecule has 0 radical (unpaired) electrons. The molecule has 1 aliphatic rings. The molecule has 31 heavy (non-hydrogen) atoms. The number of pyridine rings is 1. The van der Waals surface area contributed by atoms with Gasteiger partial charge in [0, 0.05) is 15.6 Å². The quantitative estimate of drug-likeness (QED) is 0.331. The van der Waals surface area contributed by atoms with E-state index in [1.54, 1.807) is 6.07 Å². The van der Waals surface area contributed by atoms with Gasteiger partial charge in [0.2, 0.25) is 0 Å². The van der Waals surface area contributed by atoms with Crippen LogP contribution in [-0.2, 0) is 0 Å². The molecule has 1 N–H and O–H groups in total. The van der Waals surface area contributed by atoms with E-state index in [0.717, 1.165) is 0 Å². The van der Waals surface area contributed by atoms with Crippen molar-refractivity contribution < 1.29 is 13.9 Å². The molecular weight excluding hydrogens is 506 g/mol. The third-order valence-corrected chi connectivity index (χ3v) is 5.95. The smallest absolute Gasteiger partial charge is 0.255 e. The highest BCUT2D eigenvalue weighted by Crippen LogP contribution is 2.41. The van der Waals surface area contributed by atoms with Gasteiger partial charge in [0.25, 0.3) is 5.91 Å². The number of nitrogens with zero attached hydrogens (tertiary/aromatic N) is 1. The van der Waals surface area contributed by atoms with Gasteiger partial charge in [0.15, 0.2) is 5.75 Å². The number of aromatic nitrogens is 1. The number of halogens is 4. The minimum absolute atomic E-state index is 0.209. The largest absolute Gasteiger partial charge is 0.455 e. The van der Waals surface area contributed by atoms with Crippen LogP contribution >= 0.6 is 39.1 Å². The first-order valence-corrected chi connectivity index (χ1v) is 11.3. The standard InChI is InChI=1S/C23H18BrCl2FN2O2/c24-22-10-18(23(30)29-11-20(27)17-7-6-15(25)9-19(17)26)21(12-28-22)31-16-3-1-2-14(8-16)13-4-5-13/h1-3,6-10,12-13,20H,4-5,11H2,(H,29,30). The van der Waals surface area contributed by atoms with Crippen molar-refractivity contribution in [3.8, 4) is 11.5 Å². The minimum Gasteiger partial charge on any atom is -0.455 e. The Morgan fingerprint density at radius 2 is 2.03 bits per heavy atom. The second-order valence-electron chi connectivity index (χ2n) is 7.30. The van der Waals surface area contributed by atoms with E-state index in [1.165, 1.54) is 42.8 Å². The summed E-state index contributed by atoms with van der Waals surface area (Å²) < 4.78 is 21.1. The zero-order chi connectivity index (χ0) is 22.0. The Balaban J connectivity index is 1.48. The molecule has 8 heteroatoms. The zero-order valence-corrected chi connectivity index (χ0v) is 19.3. The Bertz CT molecular complexity index is 1120. The number of carbonyl (C=O) groups is 1. The number of amides is 1. The van der Waals surface area contributed by atoms with Crippen LogP contribution in [-0.4, -0.2) is 17.4 Å². The molecule has 1 aromatic heterocycles. The van der Waals surface area contributed by atoms with Crippen LogP contribution in [0.15, 0.2) is 59.3 Å². The van der Waals surface area contributed by atoms with Crippen molar-refractivity contribution in [1.29, 1.82) is 0 Å². The van der Waals surface area contributed by atoms with Gasteiger partial charge >= 0.3 is 0 Å². The number of nitrogens with one attached hydrogen (secondary N) is 1. The molecule has 4 rings (SSSR count). The molecule has 1 saturated carbocycles. The highest BCUT2D eigenvalue weighted by Gasteiger charge is 2.24. The fraction of sp³-hybridized carbons (Fsp3) is 0.217. The van der Waals surface area contributed by atoms with Crippen molar-refractivity contribution in [2.45, 2.75) is 24.9 Å². The van der Waals surface area contributed by atoms with Crippen molar-refractivity contribution in [2.75, 3.05) is 6.54 Å². The van der Waals surface area contributed by atoms with E-state index in [4.69, 9.17) is 27.9 Å². The first kappa shape index (κ1) is 22.1. The molecule has 1 amide bonds. The third-order valence-electron chi connectivity index (χ3n) is 4.96. The lowest BCUT2D eigenvalue weighted by atomic mass is 10.1. The molecule has 0 bridgehead atoms. The van der Waals surface area contributed by atoms with E-state index in [0.29, 0.717) is 21.3 Å². The van der Waals surface area contributed by atoms with Crippen LogP contribution in [0.4, 0.5) is 4.39 Å². The normalized spacial score (nSPS) is 14.2. The molecule has 2 aromatic carbocycles. The van der Waals surface area contributed by atoms with Crippen LogP contribution in [0.5, 0.6) is 11.5 Å². The molecular formula is C23H18BrCl2FN2O2. The predicted octanol–water partition coefficient (Wildman–Crippen LogP) is 7.26. The summed E-state index contributed by atoms with van der Waals surface area (Å²) in [6.45, 7) is -0.253. The maximum absolute atomic E-state index is 14.7. The maximum Gasteiger partial charge on any atom is 0.255 e. The first-order valence-electron chi connectivity index (χ1n) is 9.71. The van der Waals surface area contributed by atoms with Gasteiger partial charge in [-0.1, -0.05) is 41.4 Å². The Labute approximate surface area is 197 Å². The van der Waals surface area contributed by atoms with E-state index in [9.17, 15) is 9.18 Å². The fourth-order valence-electron chi connectivity index (χ4n) is 3.19. The molecule has 1 atom stereocenters. The second kappa shape index (κ2) is 9.55. The van der Waals surface area contributed by atoms with Crippen molar-refractivity contribution in [1.82, 2.24) is 10.3 Å². The summed E-state index contributed by atoms with van der Waals surface area (Å²) >= 11 is 15.2. The third kappa shape index (κ3) is 5.56. The minimum atomic E-state index is -1.49. The molecule has 1 heterocycles. The number of hydrogen-bond acceptors (Lipinski definition) is 3. The lowest BCUT2D eigenvalue weighted by Gasteiger charge is -2.14. The van der Waals surface area contributed by atoms with Crippen molar-refractivity contribution in [3.05, 3.63) is 86.1 Å². The number of benzene rings is 2. The van der Waals surface area contributed by atoms with Gasteiger partial charge in [0.05, 0.1) is 18.3 Å². The summed E-state index contributed by atoms with van der Waals surface area (Å²) in [5.41, 5.74) is 1.72. The molecule has 0 spiro atoms. The summed E-state index contributed by atoms with van der Waals surface area (Å²) in [6.07, 6.45) is 2.34. The fourth-order valence-corrected chi connectivity index (χ4v) is 4.05. The average Bonchev–Trinajstić information content (AvgIpc) is 3.59. The Morgan fingerprint density at radius 1 is 1.23 bits per heavy atom. The highest BCUT2D eigenvalue weighted by atomic mass is 79.9. The summed E-state index contributed by atoms with van der Waals surface area (Å²) in [6, 6.07) is 13.9. The van der Waals surface area contributed by atoms with Crippen LogP contribution < -0.4 is 10.1 Å². The average molecular weight is 524 g/mol. The number of carbonyl (C=O) groups excluding carboxylic acids is 1. The molecule has 1 aliphatic carbocycles. The van der Waals surface area contributed by atoms with Gasteiger partial charge in [-0.25, -0.2) is 9.37 Å². The van der Waals surface area contributed by atoms with E-state index in [-0.39, 0.29) is 28.4 Å². The van der Waals surface area contributed by atoms with Crippen LogP contribution in [0.2, 0.25) is 10.0 Å². The molecule has 0 saturated heterocycles. The summed E-state index contributed by atoms with van der Waals surface area (Å²) in [5.74, 6) is 1.01. The first-order chi connectivity index (χ1) is 14.9.